The number of benzene rings is 2. The summed E-state index contributed by atoms with van der Waals surface area (Å²) in [5.41, 5.74) is 2.19. The van der Waals surface area contributed by atoms with Crippen LogP contribution in [0.3, 0.4) is 0 Å². The summed E-state index contributed by atoms with van der Waals surface area (Å²) in [4.78, 5) is 22.1. The maximum Gasteiger partial charge on any atom is 0.252 e. The van der Waals surface area contributed by atoms with E-state index in [0.29, 0.717) is 25.1 Å². The first kappa shape index (κ1) is 23.4. The summed E-state index contributed by atoms with van der Waals surface area (Å²) in [6.45, 7) is 2.00. The first-order chi connectivity index (χ1) is 16.4. The molecule has 2 heterocycles. The Labute approximate surface area is 196 Å². The van der Waals surface area contributed by atoms with Crippen molar-refractivity contribution in [2.24, 2.45) is 4.99 Å². The van der Waals surface area contributed by atoms with Crippen molar-refractivity contribution in [3.63, 3.8) is 0 Å². The molecule has 1 amide bonds. The summed E-state index contributed by atoms with van der Waals surface area (Å²) >= 11 is 0. The van der Waals surface area contributed by atoms with Gasteiger partial charge in [-0.1, -0.05) is 24.3 Å². The van der Waals surface area contributed by atoms with Gasteiger partial charge >= 0.3 is 0 Å². The molecule has 7 heteroatoms. The van der Waals surface area contributed by atoms with Gasteiger partial charge in [0.25, 0.3) is 5.91 Å². The fourth-order valence-corrected chi connectivity index (χ4v) is 4.08. The Balaban J connectivity index is 1.62. The van der Waals surface area contributed by atoms with E-state index in [1.54, 1.807) is 36.5 Å². The molecule has 0 fully saturated rings. The molecule has 34 heavy (non-hydrogen) atoms. The number of hydrogen-bond acceptors (Lipinski definition) is 4. The summed E-state index contributed by atoms with van der Waals surface area (Å²) in [6.07, 6.45) is 4.10. The fraction of sp³-hybridized carbons (Fsp3) is 0.222. The van der Waals surface area contributed by atoms with E-state index < -0.39 is 17.3 Å². The second-order valence-electron chi connectivity index (χ2n) is 8.53. The molecule has 0 saturated carbocycles. The van der Waals surface area contributed by atoms with Gasteiger partial charge in [0, 0.05) is 36.0 Å². The van der Waals surface area contributed by atoms with Gasteiger partial charge in [0.15, 0.2) is 0 Å². The molecule has 5 nitrogen and oxygen atoms in total. The molecule has 0 bridgehead atoms. The van der Waals surface area contributed by atoms with Crippen LogP contribution in [0.4, 0.5) is 8.78 Å². The van der Waals surface area contributed by atoms with Gasteiger partial charge in [-0.3, -0.25) is 14.8 Å². The molecule has 2 N–H and O–H groups in total. The van der Waals surface area contributed by atoms with Gasteiger partial charge in [-0.05, 0) is 67.0 Å². The Morgan fingerprint density at radius 3 is 2.59 bits per heavy atom. The van der Waals surface area contributed by atoms with Crippen LogP contribution in [-0.2, 0) is 6.42 Å². The minimum Gasteiger partial charge on any atom is -0.396 e. The van der Waals surface area contributed by atoms with Crippen molar-refractivity contribution in [1.82, 2.24) is 10.3 Å². The minimum absolute atomic E-state index is 0.112. The van der Waals surface area contributed by atoms with Crippen molar-refractivity contribution in [2.45, 2.75) is 25.3 Å². The van der Waals surface area contributed by atoms with Gasteiger partial charge < -0.3 is 10.4 Å². The molecule has 174 valence electrons. The predicted octanol–water partition coefficient (Wildman–Crippen LogP) is 4.36. The lowest BCUT2D eigenvalue weighted by molar-refractivity contribution is 0.0888. The van der Waals surface area contributed by atoms with Crippen LogP contribution in [0.2, 0.25) is 0 Å². The fourth-order valence-electron chi connectivity index (χ4n) is 4.08. The third-order valence-electron chi connectivity index (χ3n) is 5.84. The summed E-state index contributed by atoms with van der Waals surface area (Å²) < 4.78 is 28.3. The van der Waals surface area contributed by atoms with E-state index in [9.17, 15) is 18.7 Å². The molecule has 0 unspecified atom stereocenters. The number of nitrogens with zero attached hydrogens (tertiary/aromatic N) is 2. The van der Waals surface area contributed by atoms with E-state index in [-0.39, 0.29) is 23.6 Å². The molecule has 1 aliphatic rings. The Hall–Kier alpha value is -3.71. The zero-order chi connectivity index (χ0) is 24.1. The lowest BCUT2D eigenvalue weighted by atomic mass is 9.90. The number of aliphatic hydroxyl groups is 1. The van der Waals surface area contributed by atoms with Crippen LogP contribution < -0.4 is 5.32 Å². The van der Waals surface area contributed by atoms with Crippen LogP contribution in [0.5, 0.6) is 0 Å². The van der Waals surface area contributed by atoms with E-state index >= 15 is 0 Å². The van der Waals surface area contributed by atoms with E-state index in [1.165, 1.54) is 24.3 Å². The molecule has 0 spiro atoms. The lowest BCUT2D eigenvalue weighted by Gasteiger charge is -2.30. The molecule has 0 radical (unpaired) electrons. The quantitative estimate of drug-likeness (QED) is 0.524. The number of rotatable bonds is 8. The number of carbonyl (C=O) groups is 1. The zero-order valence-electron chi connectivity index (χ0n) is 18.8. The standard InChI is InChI=1S/C27H25F2N3O2/c1-27(12-14-33,16-21-5-2-3-13-30-21)32-26(34)22-6-4-7-23(29)25(22)24-15-19(17-31-24)18-8-10-20(28)11-9-18/h2-11,13,15,33H,12,14,16-17H2,1H3,(H,32,34)/t27-/m1/s1. The Morgan fingerprint density at radius 2 is 1.88 bits per heavy atom. The molecular weight excluding hydrogens is 436 g/mol. The lowest BCUT2D eigenvalue weighted by Crippen LogP contribution is -2.48. The number of aliphatic imine (C=N–C) groups is 1. The number of amides is 1. The third-order valence-corrected chi connectivity index (χ3v) is 5.84. The van der Waals surface area contributed by atoms with Gasteiger partial charge in [0.2, 0.25) is 0 Å². The molecule has 2 aromatic carbocycles. The Kier molecular flexibility index (Phi) is 6.93. The number of hydrogen-bond donors (Lipinski definition) is 2. The zero-order valence-corrected chi connectivity index (χ0v) is 18.8. The number of carbonyl (C=O) groups excluding carboxylic acids is 1. The van der Waals surface area contributed by atoms with E-state index in [0.717, 1.165) is 16.8 Å². The number of pyridine rings is 1. The molecular formula is C27H25F2N3O2. The highest BCUT2D eigenvalue weighted by atomic mass is 19.1. The predicted molar refractivity (Wildman–Crippen MR) is 128 cm³/mol. The highest BCUT2D eigenvalue weighted by Crippen LogP contribution is 2.26. The number of allylic oxidation sites excluding steroid dienone is 1. The number of aliphatic hydroxyl groups excluding tert-OH is 1. The topological polar surface area (TPSA) is 74.6 Å². The van der Waals surface area contributed by atoms with E-state index in [4.69, 9.17) is 0 Å². The van der Waals surface area contributed by atoms with Gasteiger partial charge in [-0.2, -0.15) is 0 Å². The van der Waals surface area contributed by atoms with Crippen molar-refractivity contribution in [2.75, 3.05) is 13.2 Å². The van der Waals surface area contributed by atoms with Crippen LogP contribution in [0.25, 0.3) is 5.57 Å². The second kappa shape index (κ2) is 10.1. The first-order valence-electron chi connectivity index (χ1n) is 11.0. The monoisotopic (exact) mass is 461 g/mol. The molecule has 1 atom stereocenters. The summed E-state index contributed by atoms with van der Waals surface area (Å²) in [6, 6.07) is 15.9. The van der Waals surface area contributed by atoms with Crippen LogP contribution in [-0.4, -0.2) is 40.4 Å². The van der Waals surface area contributed by atoms with Crippen molar-refractivity contribution >= 4 is 17.2 Å². The van der Waals surface area contributed by atoms with Crippen molar-refractivity contribution in [1.29, 1.82) is 0 Å². The van der Waals surface area contributed by atoms with Crippen molar-refractivity contribution in [3.05, 3.63) is 107 Å². The summed E-state index contributed by atoms with van der Waals surface area (Å²) in [5.74, 6) is -1.36. The van der Waals surface area contributed by atoms with Crippen LogP contribution >= 0.6 is 0 Å². The highest BCUT2D eigenvalue weighted by Gasteiger charge is 2.30. The third kappa shape index (κ3) is 5.26. The average Bonchev–Trinajstić information content (AvgIpc) is 3.29. The van der Waals surface area contributed by atoms with Crippen molar-refractivity contribution in [3.8, 4) is 0 Å². The average molecular weight is 462 g/mol. The summed E-state index contributed by atoms with van der Waals surface area (Å²) in [5, 5.41) is 12.6. The second-order valence-corrected chi connectivity index (χ2v) is 8.53. The van der Waals surface area contributed by atoms with Crippen LogP contribution in [0.15, 0.2) is 77.9 Å². The van der Waals surface area contributed by atoms with E-state index in [2.05, 4.69) is 15.3 Å². The molecule has 1 aliphatic heterocycles. The van der Waals surface area contributed by atoms with Crippen molar-refractivity contribution < 1.29 is 18.7 Å². The first-order valence-corrected chi connectivity index (χ1v) is 11.0. The maximum absolute atomic E-state index is 15.0. The Bertz CT molecular complexity index is 1240. The largest absolute Gasteiger partial charge is 0.396 e. The normalized spacial score (nSPS) is 14.8. The molecule has 3 aromatic rings. The molecule has 0 aliphatic carbocycles. The van der Waals surface area contributed by atoms with Gasteiger partial charge in [0.1, 0.15) is 11.6 Å². The molecule has 0 saturated heterocycles. The summed E-state index contributed by atoms with van der Waals surface area (Å²) in [7, 11) is 0. The Morgan fingerprint density at radius 1 is 1.09 bits per heavy atom. The molecule has 1 aromatic heterocycles. The van der Waals surface area contributed by atoms with Gasteiger partial charge in [0.05, 0.1) is 17.8 Å². The van der Waals surface area contributed by atoms with Gasteiger partial charge in [-0.15, -0.1) is 0 Å². The number of nitrogens with one attached hydrogen (secondary N) is 1. The minimum atomic E-state index is -0.795. The molecule has 4 rings (SSSR count). The number of halogens is 2. The SMILES string of the molecule is C[C@@](CCO)(Cc1ccccn1)NC(=O)c1cccc(F)c1C1=NCC(c2ccc(F)cc2)=C1. The van der Waals surface area contributed by atoms with Crippen LogP contribution in [0.1, 0.15) is 40.5 Å². The van der Waals surface area contributed by atoms with Gasteiger partial charge in [-0.25, -0.2) is 8.78 Å². The highest BCUT2D eigenvalue weighted by molar-refractivity contribution is 6.19. The van der Waals surface area contributed by atoms with Crippen LogP contribution in [0, 0.1) is 11.6 Å². The number of aromatic nitrogens is 1. The smallest absolute Gasteiger partial charge is 0.252 e. The maximum atomic E-state index is 15.0. The van der Waals surface area contributed by atoms with E-state index in [1.807, 2.05) is 19.1 Å².